The zero-order valence-corrected chi connectivity index (χ0v) is 26.6. The average molecular weight is 612 g/mol. The van der Waals surface area contributed by atoms with E-state index in [1.807, 2.05) is 24.0 Å². The van der Waals surface area contributed by atoms with Gasteiger partial charge in [-0.3, -0.25) is 19.3 Å². The summed E-state index contributed by atoms with van der Waals surface area (Å²) in [6.07, 6.45) is 3.75. The number of amides is 2. The normalized spacial score (nSPS) is 19.4. The van der Waals surface area contributed by atoms with Crippen molar-refractivity contribution in [2.24, 2.45) is 5.92 Å². The molecule has 3 unspecified atom stereocenters. The van der Waals surface area contributed by atoms with E-state index in [0.717, 1.165) is 31.2 Å². The van der Waals surface area contributed by atoms with Gasteiger partial charge < -0.3 is 24.4 Å². The molecule has 4 rings (SSSR count). The Morgan fingerprint density at radius 1 is 1.05 bits per heavy atom. The van der Waals surface area contributed by atoms with Crippen LogP contribution >= 0.6 is 0 Å². The first-order valence-electron chi connectivity index (χ1n) is 15.8. The number of carbonyl (C=O) groups is 3. The second-order valence-corrected chi connectivity index (χ2v) is 11.9. The van der Waals surface area contributed by atoms with Crippen molar-refractivity contribution in [3.8, 4) is 11.5 Å². The molecule has 240 valence electrons. The Balaban J connectivity index is 1.70. The SMILES string of the molecule is CCCC(CCC)N(C(=O)CN1CC(c2ccc3c(c2)OCO3)C(C(=O)O)C1CCN(CC)C(C)=O)c1ccc(F)c(C)c1. The second-order valence-electron chi connectivity index (χ2n) is 11.9. The van der Waals surface area contributed by atoms with Gasteiger partial charge in [-0.2, -0.15) is 0 Å². The van der Waals surface area contributed by atoms with Crippen LogP contribution in [0.15, 0.2) is 36.4 Å². The van der Waals surface area contributed by atoms with E-state index in [1.54, 1.807) is 34.9 Å². The summed E-state index contributed by atoms with van der Waals surface area (Å²) in [5, 5.41) is 10.6. The number of hydrogen-bond acceptors (Lipinski definition) is 6. The van der Waals surface area contributed by atoms with Crippen LogP contribution in [-0.2, 0) is 14.4 Å². The average Bonchev–Trinajstić information content (AvgIpc) is 3.59. The number of carboxylic acid groups (broad SMARTS) is 1. The van der Waals surface area contributed by atoms with Gasteiger partial charge in [0.2, 0.25) is 18.6 Å². The minimum atomic E-state index is -0.945. The molecule has 2 heterocycles. The van der Waals surface area contributed by atoms with Crippen LogP contribution in [0.1, 0.15) is 76.8 Å². The maximum absolute atomic E-state index is 14.4. The van der Waals surface area contributed by atoms with Gasteiger partial charge in [0.25, 0.3) is 0 Å². The van der Waals surface area contributed by atoms with E-state index in [0.29, 0.717) is 48.8 Å². The summed E-state index contributed by atoms with van der Waals surface area (Å²) in [6, 6.07) is 9.71. The number of benzene rings is 2. The van der Waals surface area contributed by atoms with Gasteiger partial charge in [-0.25, -0.2) is 4.39 Å². The number of carbonyl (C=O) groups excluding carboxylic acids is 2. The lowest BCUT2D eigenvalue weighted by molar-refractivity contribution is -0.143. The molecule has 0 aromatic heterocycles. The number of aryl methyl sites for hydroxylation is 1. The van der Waals surface area contributed by atoms with Gasteiger partial charge in [0.15, 0.2) is 11.5 Å². The Kier molecular flexibility index (Phi) is 11.2. The summed E-state index contributed by atoms with van der Waals surface area (Å²) in [5.41, 5.74) is 1.91. The number of rotatable bonds is 14. The first-order chi connectivity index (χ1) is 21.1. The van der Waals surface area contributed by atoms with E-state index < -0.39 is 23.8 Å². The number of ether oxygens (including phenoxy) is 2. The Hall–Kier alpha value is -3.66. The number of fused-ring (bicyclic) bond motifs is 1. The monoisotopic (exact) mass is 611 g/mol. The fourth-order valence-electron chi connectivity index (χ4n) is 6.82. The number of carboxylic acids is 1. The number of likely N-dealkylation sites (tertiary alicyclic amines) is 1. The molecule has 0 spiro atoms. The molecule has 1 fully saturated rings. The fourth-order valence-corrected chi connectivity index (χ4v) is 6.82. The third-order valence-electron chi connectivity index (χ3n) is 9.02. The van der Waals surface area contributed by atoms with Crippen LogP contribution in [0, 0.1) is 18.7 Å². The van der Waals surface area contributed by atoms with Crippen molar-refractivity contribution >= 4 is 23.5 Å². The van der Waals surface area contributed by atoms with Crippen LogP contribution in [0.25, 0.3) is 0 Å². The van der Waals surface area contributed by atoms with Crippen molar-refractivity contribution in [1.29, 1.82) is 0 Å². The maximum atomic E-state index is 14.4. The first kappa shape index (κ1) is 33.2. The highest BCUT2D eigenvalue weighted by Crippen LogP contribution is 2.43. The standard InChI is InChI=1S/C34H46FN3O6/c1-6-9-25(10-7-2)38(26-12-13-28(35)22(4)17-26)32(40)20-37-19-27(24-11-14-30-31(18-24)44-21-43-30)33(34(41)42)29(37)15-16-36(8-3)23(5)39/h11-14,17-18,25,27,29,33H,6-10,15-16,19-21H2,1-5H3,(H,41,42). The van der Waals surface area contributed by atoms with Gasteiger partial charge in [-0.05, 0) is 74.6 Å². The molecular formula is C34H46FN3O6. The number of hydrogen-bond donors (Lipinski definition) is 1. The second kappa shape index (κ2) is 14.9. The van der Waals surface area contributed by atoms with Gasteiger partial charge in [0, 0.05) is 50.2 Å². The molecule has 2 aliphatic heterocycles. The largest absolute Gasteiger partial charge is 0.481 e. The van der Waals surface area contributed by atoms with E-state index in [9.17, 15) is 23.9 Å². The van der Waals surface area contributed by atoms with Crippen LogP contribution in [0.2, 0.25) is 0 Å². The van der Waals surface area contributed by atoms with Gasteiger partial charge in [-0.15, -0.1) is 0 Å². The van der Waals surface area contributed by atoms with Crippen molar-refractivity contribution in [3.63, 3.8) is 0 Å². The van der Waals surface area contributed by atoms with Crippen LogP contribution in [-0.4, -0.2) is 77.7 Å². The molecule has 0 aliphatic carbocycles. The molecule has 2 aromatic carbocycles. The molecule has 2 amide bonds. The molecule has 10 heteroatoms. The number of nitrogens with zero attached hydrogens (tertiary/aromatic N) is 3. The lowest BCUT2D eigenvalue weighted by Gasteiger charge is -2.35. The number of halogens is 1. The summed E-state index contributed by atoms with van der Waals surface area (Å²) in [4.78, 5) is 45.0. The van der Waals surface area contributed by atoms with Crippen molar-refractivity contribution in [1.82, 2.24) is 9.80 Å². The predicted molar refractivity (Wildman–Crippen MR) is 167 cm³/mol. The van der Waals surface area contributed by atoms with Crippen LogP contribution in [0.4, 0.5) is 10.1 Å². The number of anilines is 1. The van der Waals surface area contributed by atoms with Crippen LogP contribution in [0.3, 0.4) is 0 Å². The van der Waals surface area contributed by atoms with E-state index >= 15 is 0 Å². The molecule has 1 N–H and O–H groups in total. The Bertz CT molecular complexity index is 1330. The number of aliphatic carboxylic acids is 1. The van der Waals surface area contributed by atoms with Gasteiger partial charge in [0.1, 0.15) is 5.82 Å². The summed E-state index contributed by atoms with van der Waals surface area (Å²) in [5.74, 6) is -1.52. The van der Waals surface area contributed by atoms with Crippen molar-refractivity contribution < 1.29 is 33.4 Å². The minimum absolute atomic E-state index is 0.00203. The van der Waals surface area contributed by atoms with Crippen LogP contribution < -0.4 is 14.4 Å². The van der Waals surface area contributed by atoms with Crippen molar-refractivity contribution in [2.75, 3.05) is 37.9 Å². The van der Waals surface area contributed by atoms with Crippen LogP contribution in [0.5, 0.6) is 11.5 Å². The lowest BCUT2D eigenvalue weighted by Crippen LogP contribution is -2.48. The first-order valence-corrected chi connectivity index (χ1v) is 15.8. The predicted octanol–water partition coefficient (Wildman–Crippen LogP) is 5.59. The summed E-state index contributed by atoms with van der Waals surface area (Å²) >= 11 is 0. The Labute approximate surface area is 259 Å². The molecule has 0 radical (unpaired) electrons. The van der Waals surface area contributed by atoms with E-state index in [4.69, 9.17) is 9.47 Å². The molecule has 2 aromatic rings. The smallest absolute Gasteiger partial charge is 0.308 e. The summed E-state index contributed by atoms with van der Waals surface area (Å²) < 4.78 is 25.3. The summed E-state index contributed by atoms with van der Waals surface area (Å²) in [6.45, 7) is 10.6. The maximum Gasteiger partial charge on any atom is 0.308 e. The van der Waals surface area contributed by atoms with Crippen molar-refractivity contribution in [3.05, 3.63) is 53.3 Å². The highest BCUT2D eigenvalue weighted by molar-refractivity contribution is 5.95. The zero-order valence-electron chi connectivity index (χ0n) is 26.6. The third-order valence-corrected chi connectivity index (χ3v) is 9.02. The van der Waals surface area contributed by atoms with Gasteiger partial charge in [0.05, 0.1) is 12.5 Å². The molecule has 44 heavy (non-hydrogen) atoms. The van der Waals surface area contributed by atoms with E-state index in [2.05, 4.69) is 13.8 Å². The molecule has 1 saturated heterocycles. The highest BCUT2D eigenvalue weighted by atomic mass is 19.1. The zero-order chi connectivity index (χ0) is 32.0. The molecular weight excluding hydrogens is 565 g/mol. The van der Waals surface area contributed by atoms with Crippen molar-refractivity contribution in [2.45, 2.75) is 84.7 Å². The molecule has 3 atom stereocenters. The lowest BCUT2D eigenvalue weighted by atomic mass is 9.84. The fraction of sp³-hybridized carbons (Fsp3) is 0.559. The van der Waals surface area contributed by atoms with E-state index in [1.165, 1.54) is 13.0 Å². The van der Waals surface area contributed by atoms with Gasteiger partial charge >= 0.3 is 5.97 Å². The van der Waals surface area contributed by atoms with Gasteiger partial charge in [-0.1, -0.05) is 32.8 Å². The third kappa shape index (κ3) is 7.34. The molecule has 9 nitrogen and oxygen atoms in total. The Morgan fingerprint density at radius 2 is 1.75 bits per heavy atom. The summed E-state index contributed by atoms with van der Waals surface area (Å²) in [7, 11) is 0. The highest BCUT2D eigenvalue weighted by Gasteiger charge is 2.47. The molecule has 2 aliphatic rings. The quantitative estimate of drug-likeness (QED) is 0.297. The minimum Gasteiger partial charge on any atom is -0.481 e. The topological polar surface area (TPSA) is 99.6 Å². The Morgan fingerprint density at radius 3 is 2.36 bits per heavy atom. The molecule has 0 bridgehead atoms. The van der Waals surface area contributed by atoms with E-state index in [-0.39, 0.29) is 37.0 Å². The molecule has 0 saturated carbocycles.